The zero-order chi connectivity index (χ0) is 32.4. The second-order valence-corrected chi connectivity index (χ2v) is 12.7. The van der Waals surface area contributed by atoms with Gasteiger partial charge in [-0.05, 0) is 66.8 Å². The summed E-state index contributed by atoms with van der Waals surface area (Å²) in [4.78, 5) is 22.9. The van der Waals surface area contributed by atoms with Crippen LogP contribution in [0.1, 0.15) is 85.3 Å². The van der Waals surface area contributed by atoms with Gasteiger partial charge in [-0.1, -0.05) is 78.3 Å². The van der Waals surface area contributed by atoms with Crippen molar-refractivity contribution in [1.29, 1.82) is 0 Å². The summed E-state index contributed by atoms with van der Waals surface area (Å²) in [5.74, 6) is 1.79. The minimum Gasteiger partial charge on any atom is -0.491 e. The summed E-state index contributed by atoms with van der Waals surface area (Å²) < 4.78 is 21.0. The van der Waals surface area contributed by atoms with Gasteiger partial charge in [0.25, 0.3) is 0 Å². The highest BCUT2D eigenvalue weighted by Crippen LogP contribution is 2.24. The van der Waals surface area contributed by atoms with Crippen molar-refractivity contribution in [2.24, 2.45) is 11.8 Å². The predicted octanol–water partition coefficient (Wildman–Crippen LogP) is 6.42. The molecule has 0 aliphatic rings. The van der Waals surface area contributed by atoms with E-state index in [0.717, 1.165) is 18.4 Å². The Morgan fingerprint density at radius 3 is 1.37 bits per heavy atom. The monoisotopic (exact) mass is 602 g/mol. The van der Waals surface area contributed by atoms with Crippen molar-refractivity contribution in [2.45, 2.75) is 98.7 Å². The number of aliphatic hydroxyl groups excluding tert-OH is 2. The summed E-state index contributed by atoms with van der Waals surface area (Å²) in [5, 5.41) is 19.5. The third kappa shape index (κ3) is 18.9. The molecule has 0 aromatic heterocycles. The maximum absolute atomic E-state index is 11.5. The Morgan fingerprint density at radius 1 is 0.651 bits per heavy atom. The van der Waals surface area contributed by atoms with E-state index in [1.54, 1.807) is 0 Å². The zero-order valence-corrected chi connectivity index (χ0v) is 27.4. The highest BCUT2D eigenvalue weighted by molar-refractivity contribution is 5.69. The fourth-order valence-electron chi connectivity index (χ4n) is 3.50. The second-order valence-electron chi connectivity index (χ2n) is 12.7. The number of ether oxygens (including phenoxy) is 4. The molecule has 0 aliphatic heterocycles. The molecule has 2 atom stereocenters. The third-order valence-electron chi connectivity index (χ3n) is 6.35. The van der Waals surface area contributed by atoms with E-state index in [1.807, 2.05) is 55.5 Å². The van der Waals surface area contributed by atoms with Gasteiger partial charge in [0.05, 0.1) is 0 Å². The van der Waals surface area contributed by atoms with Crippen LogP contribution in [0.25, 0.3) is 0 Å². The highest BCUT2D eigenvalue weighted by atomic mass is 16.6. The third-order valence-corrected chi connectivity index (χ3v) is 6.35. The fourth-order valence-corrected chi connectivity index (χ4v) is 3.50. The van der Waals surface area contributed by atoms with E-state index >= 15 is 0 Å². The molecule has 0 saturated heterocycles. The normalized spacial score (nSPS) is 12.7. The Balaban J connectivity index is 0.000000434. The zero-order valence-electron chi connectivity index (χ0n) is 27.4. The number of aryl methyl sites for hydroxylation is 1. The molecule has 43 heavy (non-hydrogen) atoms. The molecule has 8 heteroatoms. The molecule has 8 nitrogen and oxygen atoms in total. The molecule has 0 saturated carbocycles. The number of esters is 2. The van der Waals surface area contributed by atoms with Crippen LogP contribution in [0.5, 0.6) is 11.5 Å². The maximum Gasteiger partial charge on any atom is 0.305 e. The highest BCUT2D eigenvalue weighted by Gasteiger charge is 2.14. The molecule has 0 fully saturated rings. The van der Waals surface area contributed by atoms with E-state index in [9.17, 15) is 19.8 Å². The molecule has 2 aromatic carbocycles. The van der Waals surface area contributed by atoms with Gasteiger partial charge in [0.2, 0.25) is 0 Å². The van der Waals surface area contributed by atoms with E-state index in [-0.39, 0.29) is 43.8 Å². The molecule has 2 N–H and O–H groups in total. The van der Waals surface area contributed by atoms with Crippen molar-refractivity contribution in [3.05, 3.63) is 59.7 Å². The summed E-state index contributed by atoms with van der Waals surface area (Å²) in [6.07, 6.45) is 0.753. The van der Waals surface area contributed by atoms with E-state index in [0.29, 0.717) is 36.2 Å². The van der Waals surface area contributed by atoms with Crippen LogP contribution < -0.4 is 9.47 Å². The Kier molecular flexibility index (Phi) is 17.6. The molecule has 242 valence electrons. The van der Waals surface area contributed by atoms with Crippen LogP contribution in [0.2, 0.25) is 0 Å². The van der Waals surface area contributed by atoms with Crippen LogP contribution in [0, 0.1) is 18.8 Å². The van der Waals surface area contributed by atoms with Crippen molar-refractivity contribution < 1.29 is 38.7 Å². The number of carbonyl (C=O) groups excluding carboxylic acids is 2. The van der Waals surface area contributed by atoms with Crippen LogP contribution in [-0.2, 0) is 24.5 Å². The van der Waals surface area contributed by atoms with Crippen LogP contribution >= 0.6 is 0 Å². The minimum atomic E-state index is -0.819. The largest absolute Gasteiger partial charge is 0.491 e. The van der Waals surface area contributed by atoms with Gasteiger partial charge in [0.15, 0.2) is 0 Å². The Bertz CT molecular complexity index is 1040. The smallest absolute Gasteiger partial charge is 0.305 e. The summed E-state index contributed by atoms with van der Waals surface area (Å²) in [6, 6.07) is 15.4. The van der Waals surface area contributed by atoms with Crippen LogP contribution in [0.15, 0.2) is 48.5 Å². The number of rotatable bonds is 16. The number of carbonyl (C=O) groups is 2. The number of hydrogen-bond donors (Lipinski definition) is 2. The first kappa shape index (κ1) is 37.9. The molecule has 0 aliphatic carbocycles. The van der Waals surface area contributed by atoms with Crippen molar-refractivity contribution in [3.8, 4) is 11.5 Å². The molecular weight excluding hydrogens is 548 g/mol. The lowest BCUT2D eigenvalue weighted by molar-refractivity contribution is -0.148. The summed E-state index contributed by atoms with van der Waals surface area (Å²) in [5.41, 5.74) is 2.48. The lowest BCUT2D eigenvalue weighted by atomic mass is 9.87. The SMILES string of the molecule is CC(C)CCC(=O)OCC(O)COc1ccc(C(C)(C)C)cc1.Cc1ccc(OCC(O)COC(=O)CCC(C)C)cc1. The van der Waals surface area contributed by atoms with Gasteiger partial charge in [-0.25, -0.2) is 0 Å². The van der Waals surface area contributed by atoms with E-state index in [2.05, 4.69) is 48.5 Å². The Hall–Kier alpha value is -3.10. The van der Waals surface area contributed by atoms with Gasteiger partial charge in [-0.2, -0.15) is 0 Å². The maximum atomic E-state index is 11.5. The van der Waals surface area contributed by atoms with Gasteiger partial charge in [-0.3, -0.25) is 9.59 Å². The molecule has 2 aromatic rings. The molecule has 2 unspecified atom stereocenters. The van der Waals surface area contributed by atoms with E-state index < -0.39 is 12.2 Å². The molecule has 2 rings (SSSR count). The topological polar surface area (TPSA) is 112 Å². The van der Waals surface area contributed by atoms with Gasteiger partial charge < -0.3 is 29.2 Å². The van der Waals surface area contributed by atoms with E-state index in [1.165, 1.54) is 5.56 Å². The molecule has 0 spiro atoms. The summed E-state index contributed by atoms with van der Waals surface area (Å²) >= 11 is 0. The number of benzene rings is 2. The Labute approximate surface area is 258 Å². The predicted molar refractivity (Wildman–Crippen MR) is 169 cm³/mol. The first-order chi connectivity index (χ1) is 20.1. The van der Waals surface area contributed by atoms with Crippen molar-refractivity contribution in [1.82, 2.24) is 0 Å². The van der Waals surface area contributed by atoms with Crippen LogP contribution in [-0.4, -0.2) is 60.8 Å². The molecule has 0 heterocycles. The van der Waals surface area contributed by atoms with Gasteiger partial charge in [-0.15, -0.1) is 0 Å². The van der Waals surface area contributed by atoms with E-state index in [4.69, 9.17) is 18.9 Å². The first-order valence-electron chi connectivity index (χ1n) is 15.3. The van der Waals surface area contributed by atoms with Crippen molar-refractivity contribution in [3.63, 3.8) is 0 Å². The average molecular weight is 603 g/mol. The summed E-state index contributed by atoms with van der Waals surface area (Å²) in [6.45, 7) is 16.8. The number of hydrogen-bond acceptors (Lipinski definition) is 8. The van der Waals surface area contributed by atoms with Crippen LogP contribution in [0.4, 0.5) is 0 Å². The standard InChI is InChI=1S/C19H30O4.C16H24O4/c1-14(2)6-11-18(21)23-13-16(20)12-22-17-9-7-15(8-10-17)19(3,4)5;1-12(2)4-9-16(18)20-11-14(17)10-19-15-7-5-13(3)6-8-15/h7-10,14,16,20H,6,11-13H2,1-5H3;5-8,12,14,17H,4,9-11H2,1-3H3. The summed E-state index contributed by atoms with van der Waals surface area (Å²) in [7, 11) is 0. The Morgan fingerprint density at radius 2 is 1.02 bits per heavy atom. The fraction of sp³-hybridized carbons (Fsp3) is 0.600. The van der Waals surface area contributed by atoms with Gasteiger partial charge in [0.1, 0.15) is 50.1 Å². The quantitative estimate of drug-likeness (QED) is 0.212. The van der Waals surface area contributed by atoms with Gasteiger partial charge in [0, 0.05) is 12.8 Å². The van der Waals surface area contributed by atoms with Crippen molar-refractivity contribution >= 4 is 11.9 Å². The van der Waals surface area contributed by atoms with Crippen molar-refractivity contribution in [2.75, 3.05) is 26.4 Å². The lowest BCUT2D eigenvalue weighted by Gasteiger charge is -2.19. The second kappa shape index (κ2) is 20.0. The minimum absolute atomic E-state index is 0.0250. The lowest BCUT2D eigenvalue weighted by Crippen LogP contribution is -2.25. The average Bonchev–Trinajstić information content (AvgIpc) is 2.95. The van der Waals surface area contributed by atoms with Gasteiger partial charge >= 0.3 is 11.9 Å². The molecular formula is C35H54O8. The number of aliphatic hydroxyl groups is 2. The molecule has 0 amide bonds. The first-order valence-corrected chi connectivity index (χ1v) is 15.3. The molecule has 0 bridgehead atoms. The molecule has 0 radical (unpaired) electrons. The van der Waals surface area contributed by atoms with Crippen LogP contribution in [0.3, 0.4) is 0 Å².